The van der Waals surface area contributed by atoms with E-state index in [0.717, 1.165) is 22.7 Å². The number of hydrogen-bond donors (Lipinski definition) is 2. The normalized spacial score (nSPS) is 11.3. The molecule has 0 radical (unpaired) electrons. The summed E-state index contributed by atoms with van der Waals surface area (Å²) < 4.78 is 15.7. The molecule has 2 aromatic rings. The van der Waals surface area contributed by atoms with Crippen molar-refractivity contribution < 1.29 is 14.2 Å². The molecule has 1 atom stereocenters. The van der Waals surface area contributed by atoms with E-state index in [1.807, 2.05) is 43.3 Å². The standard InChI is InChI=1S/C18H22N2O3S/c1-12(13-5-7-14(21-2)8-6-13)19-18(24)20-16-10-9-15(22-3)11-17(16)23-4/h5-12H,1-4H3,(H2,19,20,24)/t12-/m0/s1. The Morgan fingerprint density at radius 2 is 1.54 bits per heavy atom. The maximum atomic E-state index is 5.40. The summed E-state index contributed by atoms with van der Waals surface area (Å²) in [6.07, 6.45) is 0. The van der Waals surface area contributed by atoms with Gasteiger partial charge in [0.05, 0.1) is 33.1 Å². The minimum Gasteiger partial charge on any atom is -0.497 e. The molecule has 0 fully saturated rings. The number of ether oxygens (including phenoxy) is 3. The van der Waals surface area contributed by atoms with Crippen LogP contribution in [0, 0.1) is 0 Å². The van der Waals surface area contributed by atoms with Crippen molar-refractivity contribution in [3.8, 4) is 17.2 Å². The first-order valence-electron chi connectivity index (χ1n) is 7.51. The molecule has 0 aliphatic heterocycles. The molecule has 0 unspecified atom stereocenters. The zero-order valence-electron chi connectivity index (χ0n) is 14.3. The third-order valence-electron chi connectivity index (χ3n) is 3.62. The van der Waals surface area contributed by atoms with Gasteiger partial charge in [0.2, 0.25) is 0 Å². The lowest BCUT2D eigenvalue weighted by molar-refractivity contribution is 0.395. The first kappa shape index (κ1) is 17.9. The predicted molar refractivity (Wildman–Crippen MR) is 100 cm³/mol. The number of nitrogens with one attached hydrogen (secondary N) is 2. The molecule has 5 nitrogen and oxygen atoms in total. The number of thiocarbonyl (C=S) groups is 1. The van der Waals surface area contributed by atoms with Crippen molar-refractivity contribution in [2.75, 3.05) is 26.6 Å². The number of benzene rings is 2. The lowest BCUT2D eigenvalue weighted by atomic mass is 10.1. The van der Waals surface area contributed by atoms with Gasteiger partial charge in [-0.3, -0.25) is 0 Å². The average Bonchev–Trinajstić information content (AvgIpc) is 2.61. The molecule has 6 heteroatoms. The molecule has 24 heavy (non-hydrogen) atoms. The molecule has 0 spiro atoms. The molecule has 0 aromatic heterocycles. The van der Waals surface area contributed by atoms with Crippen molar-refractivity contribution in [3.63, 3.8) is 0 Å². The van der Waals surface area contributed by atoms with Crippen molar-refractivity contribution in [1.82, 2.24) is 5.32 Å². The van der Waals surface area contributed by atoms with Gasteiger partial charge in [-0.25, -0.2) is 0 Å². The van der Waals surface area contributed by atoms with E-state index in [1.165, 1.54) is 0 Å². The van der Waals surface area contributed by atoms with Crippen LogP contribution in [0.3, 0.4) is 0 Å². The van der Waals surface area contributed by atoms with Crippen LogP contribution in [-0.4, -0.2) is 26.4 Å². The van der Waals surface area contributed by atoms with Gasteiger partial charge >= 0.3 is 0 Å². The Kier molecular flexibility index (Phi) is 6.26. The van der Waals surface area contributed by atoms with Gasteiger partial charge < -0.3 is 24.8 Å². The molecule has 0 bridgehead atoms. The molecular weight excluding hydrogens is 324 g/mol. The van der Waals surface area contributed by atoms with E-state index in [2.05, 4.69) is 10.6 Å². The van der Waals surface area contributed by atoms with Crippen LogP contribution in [0.25, 0.3) is 0 Å². The third-order valence-corrected chi connectivity index (χ3v) is 3.84. The molecule has 0 saturated heterocycles. The van der Waals surface area contributed by atoms with Crippen molar-refractivity contribution >= 4 is 23.0 Å². The van der Waals surface area contributed by atoms with Crippen LogP contribution < -0.4 is 24.8 Å². The van der Waals surface area contributed by atoms with Crippen molar-refractivity contribution in [2.24, 2.45) is 0 Å². The Labute approximate surface area is 147 Å². The molecule has 2 rings (SSSR count). The monoisotopic (exact) mass is 346 g/mol. The minimum atomic E-state index is 0.0557. The lowest BCUT2D eigenvalue weighted by Gasteiger charge is -2.19. The Morgan fingerprint density at radius 3 is 2.12 bits per heavy atom. The van der Waals surface area contributed by atoms with Crippen molar-refractivity contribution in [3.05, 3.63) is 48.0 Å². The average molecular weight is 346 g/mol. The highest BCUT2D eigenvalue weighted by atomic mass is 32.1. The topological polar surface area (TPSA) is 51.8 Å². The van der Waals surface area contributed by atoms with Crippen LogP contribution in [0.15, 0.2) is 42.5 Å². The van der Waals surface area contributed by atoms with Gasteiger partial charge in [0.15, 0.2) is 5.11 Å². The molecule has 2 aromatic carbocycles. The third kappa shape index (κ3) is 4.52. The lowest BCUT2D eigenvalue weighted by Crippen LogP contribution is -2.31. The molecule has 128 valence electrons. The second kappa shape index (κ2) is 8.40. The summed E-state index contributed by atoms with van der Waals surface area (Å²) in [7, 11) is 4.87. The molecule has 2 N–H and O–H groups in total. The Balaban J connectivity index is 2.01. The summed E-state index contributed by atoms with van der Waals surface area (Å²) in [6, 6.07) is 13.4. The summed E-state index contributed by atoms with van der Waals surface area (Å²) in [5.74, 6) is 2.22. The molecule has 0 saturated carbocycles. The SMILES string of the molecule is COc1ccc([C@H](C)NC(=S)Nc2ccc(OC)cc2OC)cc1. The van der Waals surface area contributed by atoms with E-state index >= 15 is 0 Å². The highest BCUT2D eigenvalue weighted by molar-refractivity contribution is 7.80. The first-order chi connectivity index (χ1) is 11.6. The van der Waals surface area contributed by atoms with Gasteiger partial charge in [-0.05, 0) is 49.0 Å². The number of methoxy groups -OCH3 is 3. The molecular formula is C18H22N2O3S. The van der Waals surface area contributed by atoms with E-state index in [1.54, 1.807) is 27.4 Å². The van der Waals surface area contributed by atoms with Gasteiger partial charge in [-0.2, -0.15) is 0 Å². The Hall–Kier alpha value is -2.47. The number of anilines is 1. The van der Waals surface area contributed by atoms with Crippen LogP contribution in [0.2, 0.25) is 0 Å². The quantitative estimate of drug-likeness (QED) is 0.777. The second-order valence-electron chi connectivity index (χ2n) is 5.16. The Bertz CT molecular complexity index is 689. The summed E-state index contributed by atoms with van der Waals surface area (Å²) in [5.41, 5.74) is 1.89. The van der Waals surface area contributed by atoms with Gasteiger partial charge in [-0.15, -0.1) is 0 Å². The van der Waals surface area contributed by atoms with E-state index in [4.69, 9.17) is 26.4 Å². The number of hydrogen-bond acceptors (Lipinski definition) is 4. The maximum absolute atomic E-state index is 5.40. The van der Waals surface area contributed by atoms with Crippen LogP contribution in [0.1, 0.15) is 18.5 Å². The minimum absolute atomic E-state index is 0.0557. The van der Waals surface area contributed by atoms with E-state index in [-0.39, 0.29) is 6.04 Å². The van der Waals surface area contributed by atoms with Gasteiger partial charge in [0, 0.05) is 6.07 Å². The van der Waals surface area contributed by atoms with E-state index in [9.17, 15) is 0 Å². The molecule has 0 aliphatic carbocycles. The van der Waals surface area contributed by atoms with Crippen molar-refractivity contribution in [2.45, 2.75) is 13.0 Å². The fraction of sp³-hybridized carbons (Fsp3) is 0.278. The van der Waals surface area contributed by atoms with E-state index < -0.39 is 0 Å². The summed E-state index contributed by atoms with van der Waals surface area (Å²) >= 11 is 5.40. The highest BCUT2D eigenvalue weighted by Gasteiger charge is 2.10. The summed E-state index contributed by atoms with van der Waals surface area (Å²) in [6.45, 7) is 2.04. The number of rotatable bonds is 6. The fourth-order valence-electron chi connectivity index (χ4n) is 2.23. The maximum Gasteiger partial charge on any atom is 0.171 e. The predicted octanol–water partition coefficient (Wildman–Crippen LogP) is 3.76. The molecule has 0 aliphatic rings. The highest BCUT2D eigenvalue weighted by Crippen LogP contribution is 2.29. The van der Waals surface area contributed by atoms with E-state index in [0.29, 0.717) is 10.9 Å². The van der Waals surface area contributed by atoms with Crippen LogP contribution in [-0.2, 0) is 0 Å². The van der Waals surface area contributed by atoms with Gasteiger partial charge in [0.25, 0.3) is 0 Å². The zero-order chi connectivity index (χ0) is 17.5. The largest absolute Gasteiger partial charge is 0.497 e. The van der Waals surface area contributed by atoms with Crippen LogP contribution in [0.5, 0.6) is 17.2 Å². The molecule has 0 heterocycles. The van der Waals surface area contributed by atoms with Crippen molar-refractivity contribution in [1.29, 1.82) is 0 Å². The summed E-state index contributed by atoms with van der Waals surface area (Å²) in [5, 5.41) is 6.92. The molecule has 0 amide bonds. The first-order valence-corrected chi connectivity index (χ1v) is 7.91. The fourth-order valence-corrected chi connectivity index (χ4v) is 2.52. The van der Waals surface area contributed by atoms with Crippen LogP contribution >= 0.6 is 12.2 Å². The van der Waals surface area contributed by atoms with Gasteiger partial charge in [0.1, 0.15) is 17.2 Å². The van der Waals surface area contributed by atoms with Crippen LogP contribution in [0.4, 0.5) is 5.69 Å². The second-order valence-corrected chi connectivity index (χ2v) is 5.57. The van der Waals surface area contributed by atoms with Gasteiger partial charge in [-0.1, -0.05) is 12.1 Å². The summed E-state index contributed by atoms with van der Waals surface area (Å²) in [4.78, 5) is 0. The zero-order valence-corrected chi connectivity index (χ0v) is 15.1. The Morgan fingerprint density at radius 1 is 0.917 bits per heavy atom. The smallest absolute Gasteiger partial charge is 0.171 e.